The SMILES string of the molecule is CCNCc1cncc(Oc2cccc3ccccc23)n1. The van der Waals surface area contributed by atoms with E-state index in [1.165, 1.54) is 0 Å². The number of aromatic nitrogens is 2. The van der Waals surface area contributed by atoms with Gasteiger partial charge in [0, 0.05) is 18.1 Å². The number of benzene rings is 2. The lowest BCUT2D eigenvalue weighted by molar-refractivity contribution is 0.461. The third-order valence-electron chi connectivity index (χ3n) is 3.18. The van der Waals surface area contributed by atoms with Crippen molar-refractivity contribution >= 4 is 10.8 Å². The first kappa shape index (κ1) is 13.5. The molecule has 0 aliphatic heterocycles. The van der Waals surface area contributed by atoms with Crippen LogP contribution >= 0.6 is 0 Å². The fourth-order valence-electron chi connectivity index (χ4n) is 2.17. The van der Waals surface area contributed by atoms with Gasteiger partial charge in [-0.2, -0.15) is 0 Å². The molecule has 0 amide bonds. The molecule has 1 aromatic heterocycles. The van der Waals surface area contributed by atoms with Crippen molar-refractivity contribution in [2.24, 2.45) is 0 Å². The molecule has 3 rings (SSSR count). The van der Waals surface area contributed by atoms with Gasteiger partial charge in [-0.1, -0.05) is 43.3 Å². The first-order valence-electron chi connectivity index (χ1n) is 7.04. The molecule has 106 valence electrons. The minimum atomic E-state index is 0.516. The number of ether oxygens (including phenoxy) is 1. The highest BCUT2D eigenvalue weighted by molar-refractivity contribution is 5.88. The molecule has 0 aliphatic carbocycles. The molecule has 0 radical (unpaired) electrons. The molecule has 21 heavy (non-hydrogen) atoms. The smallest absolute Gasteiger partial charge is 0.238 e. The van der Waals surface area contributed by atoms with Gasteiger partial charge < -0.3 is 10.1 Å². The quantitative estimate of drug-likeness (QED) is 0.776. The minimum absolute atomic E-state index is 0.516. The molecule has 0 saturated heterocycles. The molecular formula is C17H17N3O. The minimum Gasteiger partial charge on any atom is -0.437 e. The fraction of sp³-hybridized carbons (Fsp3) is 0.176. The van der Waals surface area contributed by atoms with Crippen molar-refractivity contribution in [1.82, 2.24) is 15.3 Å². The fourth-order valence-corrected chi connectivity index (χ4v) is 2.17. The number of hydrogen-bond donors (Lipinski definition) is 1. The summed E-state index contributed by atoms with van der Waals surface area (Å²) in [6.07, 6.45) is 3.38. The van der Waals surface area contributed by atoms with Crippen molar-refractivity contribution < 1.29 is 4.74 Å². The van der Waals surface area contributed by atoms with E-state index in [0.717, 1.165) is 28.8 Å². The highest BCUT2D eigenvalue weighted by atomic mass is 16.5. The van der Waals surface area contributed by atoms with Gasteiger partial charge >= 0.3 is 0 Å². The Bertz CT molecular complexity index is 737. The summed E-state index contributed by atoms with van der Waals surface area (Å²) in [5.74, 6) is 1.31. The Balaban J connectivity index is 1.88. The molecule has 0 saturated carbocycles. The average molecular weight is 279 g/mol. The number of nitrogens with zero attached hydrogens (tertiary/aromatic N) is 2. The maximum absolute atomic E-state index is 5.91. The molecule has 0 fully saturated rings. The molecule has 0 spiro atoms. The van der Waals surface area contributed by atoms with E-state index in [1.54, 1.807) is 12.4 Å². The summed E-state index contributed by atoms with van der Waals surface area (Å²) in [4.78, 5) is 8.65. The zero-order valence-corrected chi connectivity index (χ0v) is 11.9. The molecule has 0 atom stereocenters. The lowest BCUT2D eigenvalue weighted by atomic mass is 10.1. The van der Waals surface area contributed by atoms with Crippen LogP contribution in [-0.4, -0.2) is 16.5 Å². The molecule has 0 unspecified atom stereocenters. The summed E-state index contributed by atoms with van der Waals surface area (Å²) >= 11 is 0. The monoisotopic (exact) mass is 279 g/mol. The van der Waals surface area contributed by atoms with Crippen molar-refractivity contribution in [3.8, 4) is 11.6 Å². The van der Waals surface area contributed by atoms with Gasteiger partial charge in [0.2, 0.25) is 5.88 Å². The summed E-state index contributed by atoms with van der Waals surface area (Å²) < 4.78 is 5.91. The summed E-state index contributed by atoms with van der Waals surface area (Å²) in [5.41, 5.74) is 0.870. The van der Waals surface area contributed by atoms with E-state index in [4.69, 9.17) is 4.74 Å². The van der Waals surface area contributed by atoms with Gasteiger partial charge in [0.15, 0.2) is 0 Å². The van der Waals surface area contributed by atoms with Crippen molar-refractivity contribution in [2.45, 2.75) is 13.5 Å². The second-order valence-corrected chi connectivity index (χ2v) is 4.71. The zero-order chi connectivity index (χ0) is 14.5. The van der Waals surface area contributed by atoms with Gasteiger partial charge in [0.25, 0.3) is 0 Å². The third kappa shape index (κ3) is 3.17. The highest BCUT2D eigenvalue weighted by Crippen LogP contribution is 2.28. The molecule has 1 N–H and O–H groups in total. The Morgan fingerprint density at radius 2 is 1.90 bits per heavy atom. The van der Waals surface area contributed by atoms with Gasteiger partial charge in [-0.3, -0.25) is 4.98 Å². The molecule has 0 aliphatic rings. The number of fused-ring (bicyclic) bond motifs is 1. The van der Waals surface area contributed by atoms with E-state index >= 15 is 0 Å². The molecule has 2 aromatic carbocycles. The van der Waals surface area contributed by atoms with Crippen LogP contribution in [0.3, 0.4) is 0 Å². The van der Waals surface area contributed by atoms with E-state index < -0.39 is 0 Å². The Kier molecular flexibility index (Phi) is 4.07. The van der Waals surface area contributed by atoms with Crippen LogP contribution in [0.1, 0.15) is 12.6 Å². The van der Waals surface area contributed by atoms with Gasteiger partial charge in [-0.25, -0.2) is 4.98 Å². The number of hydrogen-bond acceptors (Lipinski definition) is 4. The van der Waals surface area contributed by atoms with Crippen LogP contribution in [0, 0.1) is 0 Å². The maximum atomic E-state index is 5.91. The molecule has 1 heterocycles. The lowest BCUT2D eigenvalue weighted by Crippen LogP contribution is -2.13. The largest absolute Gasteiger partial charge is 0.437 e. The highest BCUT2D eigenvalue weighted by Gasteiger charge is 2.05. The second-order valence-electron chi connectivity index (χ2n) is 4.71. The Labute approximate surface area is 123 Å². The van der Waals surface area contributed by atoms with E-state index in [0.29, 0.717) is 12.4 Å². The van der Waals surface area contributed by atoms with E-state index in [9.17, 15) is 0 Å². The van der Waals surface area contributed by atoms with E-state index in [2.05, 4.69) is 34.3 Å². The first-order valence-corrected chi connectivity index (χ1v) is 7.04. The van der Waals surface area contributed by atoms with Gasteiger partial charge in [-0.05, 0) is 18.0 Å². The predicted molar refractivity (Wildman–Crippen MR) is 83.4 cm³/mol. The zero-order valence-electron chi connectivity index (χ0n) is 11.9. The number of rotatable bonds is 5. The second kappa shape index (κ2) is 6.33. The average Bonchev–Trinajstić information content (AvgIpc) is 2.54. The number of nitrogens with one attached hydrogen (secondary N) is 1. The third-order valence-corrected chi connectivity index (χ3v) is 3.18. The van der Waals surface area contributed by atoms with Crippen LogP contribution in [0.2, 0.25) is 0 Å². The molecule has 0 bridgehead atoms. The van der Waals surface area contributed by atoms with Crippen LogP contribution in [0.25, 0.3) is 10.8 Å². The summed E-state index contributed by atoms with van der Waals surface area (Å²) in [5, 5.41) is 5.44. The molecular weight excluding hydrogens is 262 g/mol. The molecule has 4 nitrogen and oxygen atoms in total. The van der Waals surface area contributed by atoms with Crippen LogP contribution in [0.4, 0.5) is 0 Å². The maximum Gasteiger partial charge on any atom is 0.238 e. The Hall–Kier alpha value is -2.46. The van der Waals surface area contributed by atoms with E-state index in [1.807, 2.05) is 30.3 Å². The molecule has 4 heteroatoms. The Morgan fingerprint density at radius 1 is 1.05 bits per heavy atom. The van der Waals surface area contributed by atoms with Crippen LogP contribution < -0.4 is 10.1 Å². The van der Waals surface area contributed by atoms with Gasteiger partial charge in [-0.15, -0.1) is 0 Å². The van der Waals surface area contributed by atoms with E-state index in [-0.39, 0.29) is 0 Å². The lowest BCUT2D eigenvalue weighted by Gasteiger charge is -2.09. The first-order chi connectivity index (χ1) is 10.4. The molecule has 3 aromatic rings. The Morgan fingerprint density at radius 3 is 2.81 bits per heavy atom. The standard InChI is InChI=1S/C17H17N3O/c1-2-18-10-14-11-19-12-17(20-14)21-16-9-5-7-13-6-3-4-8-15(13)16/h3-9,11-12,18H,2,10H2,1H3. The normalized spacial score (nSPS) is 10.7. The summed E-state index contributed by atoms with van der Waals surface area (Å²) in [7, 11) is 0. The van der Waals surface area contributed by atoms with Crippen molar-refractivity contribution in [1.29, 1.82) is 0 Å². The summed E-state index contributed by atoms with van der Waals surface area (Å²) in [6, 6.07) is 14.1. The topological polar surface area (TPSA) is 47.0 Å². The van der Waals surface area contributed by atoms with Crippen LogP contribution in [0.15, 0.2) is 54.9 Å². The van der Waals surface area contributed by atoms with Gasteiger partial charge in [0.05, 0.1) is 11.9 Å². The van der Waals surface area contributed by atoms with Gasteiger partial charge in [0.1, 0.15) is 5.75 Å². The predicted octanol–water partition coefficient (Wildman–Crippen LogP) is 3.53. The summed E-state index contributed by atoms with van der Waals surface area (Å²) in [6.45, 7) is 3.65. The van der Waals surface area contributed by atoms with Crippen molar-refractivity contribution in [3.63, 3.8) is 0 Å². The van der Waals surface area contributed by atoms with Crippen LogP contribution in [0.5, 0.6) is 11.6 Å². The van der Waals surface area contributed by atoms with Crippen molar-refractivity contribution in [3.05, 3.63) is 60.6 Å². The van der Waals surface area contributed by atoms with Crippen molar-refractivity contribution in [2.75, 3.05) is 6.54 Å². The van der Waals surface area contributed by atoms with Crippen LogP contribution in [-0.2, 0) is 6.54 Å².